The predicted molar refractivity (Wildman–Crippen MR) is 67.7 cm³/mol. The molecule has 0 saturated heterocycles. The number of hydrogen-bond donors (Lipinski definition) is 1. The van der Waals surface area contributed by atoms with Crippen LogP contribution < -0.4 is 5.73 Å². The van der Waals surface area contributed by atoms with Crippen molar-refractivity contribution in [3.63, 3.8) is 0 Å². The standard InChI is InChI=1S/C14H29N/c1-12(2,3)9-8-10(15)11-13(4,5)14(11,6)7/h10-11H,8-9,15H2,1-7H3. The molecule has 1 heteroatoms. The highest BCUT2D eigenvalue weighted by Gasteiger charge is 2.66. The minimum absolute atomic E-state index is 0.384. The predicted octanol–water partition coefficient (Wildman–Crippen LogP) is 3.82. The van der Waals surface area contributed by atoms with Gasteiger partial charge in [-0.05, 0) is 35.0 Å². The summed E-state index contributed by atoms with van der Waals surface area (Å²) < 4.78 is 0. The molecule has 0 aromatic heterocycles. The Balaban J connectivity index is 2.48. The zero-order valence-corrected chi connectivity index (χ0v) is 11.6. The molecule has 1 atom stereocenters. The van der Waals surface area contributed by atoms with E-state index in [1.807, 2.05) is 0 Å². The molecule has 0 spiro atoms. The maximum Gasteiger partial charge on any atom is 0.00779 e. The average molecular weight is 211 g/mol. The molecule has 0 heterocycles. The van der Waals surface area contributed by atoms with Crippen LogP contribution in [0.5, 0.6) is 0 Å². The Labute approximate surface area is 95.8 Å². The third-order valence-corrected chi connectivity index (χ3v) is 4.79. The highest BCUT2D eigenvalue weighted by molar-refractivity contribution is 5.15. The first-order valence-electron chi connectivity index (χ1n) is 6.26. The Morgan fingerprint density at radius 1 is 1.07 bits per heavy atom. The number of hydrogen-bond acceptors (Lipinski definition) is 1. The van der Waals surface area contributed by atoms with Crippen LogP contribution in [0.2, 0.25) is 0 Å². The second kappa shape index (κ2) is 3.48. The molecule has 1 rings (SSSR count). The third-order valence-electron chi connectivity index (χ3n) is 4.79. The van der Waals surface area contributed by atoms with Crippen LogP contribution in [0.3, 0.4) is 0 Å². The van der Waals surface area contributed by atoms with Crippen molar-refractivity contribution in [2.75, 3.05) is 0 Å². The monoisotopic (exact) mass is 211 g/mol. The van der Waals surface area contributed by atoms with Gasteiger partial charge in [0, 0.05) is 6.04 Å². The van der Waals surface area contributed by atoms with Gasteiger partial charge in [0.05, 0.1) is 0 Å². The van der Waals surface area contributed by atoms with E-state index < -0.39 is 0 Å². The van der Waals surface area contributed by atoms with Gasteiger partial charge in [-0.25, -0.2) is 0 Å². The molecular formula is C14H29N. The molecule has 0 amide bonds. The van der Waals surface area contributed by atoms with Crippen molar-refractivity contribution in [1.29, 1.82) is 0 Å². The molecule has 90 valence electrons. The lowest BCUT2D eigenvalue weighted by atomic mass is 9.87. The second-order valence-electron chi connectivity index (χ2n) is 7.68. The fourth-order valence-electron chi connectivity index (χ4n) is 3.08. The van der Waals surface area contributed by atoms with Gasteiger partial charge in [-0.3, -0.25) is 0 Å². The first kappa shape index (κ1) is 13.0. The van der Waals surface area contributed by atoms with E-state index in [1.54, 1.807) is 0 Å². The molecule has 0 bridgehead atoms. The van der Waals surface area contributed by atoms with Gasteiger partial charge in [-0.2, -0.15) is 0 Å². The lowest BCUT2D eigenvalue weighted by molar-refractivity contribution is 0.325. The SMILES string of the molecule is CC(C)(C)CCC(N)C1C(C)(C)C1(C)C. The lowest BCUT2D eigenvalue weighted by Gasteiger charge is -2.22. The first-order chi connectivity index (χ1) is 6.50. The summed E-state index contributed by atoms with van der Waals surface area (Å²) in [6.07, 6.45) is 2.40. The van der Waals surface area contributed by atoms with E-state index in [9.17, 15) is 0 Å². The van der Waals surface area contributed by atoms with Crippen molar-refractivity contribution < 1.29 is 0 Å². The summed E-state index contributed by atoms with van der Waals surface area (Å²) in [5.74, 6) is 0.701. The highest BCUT2D eigenvalue weighted by Crippen LogP contribution is 2.69. The quantitative estimate of drug-likeness (QED) is 0.754. The molecule has 1 aliphatic carbocycles. The van der Waals surface area contributed by atoms with Crippen molar-refractivity contribution in [1.82, 2.24) is 0 Å². The minimum atomic E-state index is 0.384. The fourth-order valence-corrected chi connectivity index (χ4v) is 3.08. The van der Waals surface area contributed by atoms with Crippen LogP contribution in [-0.2, 0) is 0 Å². The van der Waals surface area contributed by atoms with Crippen LogP contribution >= 0.6 is 0 Å². The molecule has 0 aromatic carbocycles. The minimum Gasteiger partial charge on any atom is -0.327 e. The molecule has 15 heavy (non-hydrogen) atoms. The Kier molecular flexibility index (Phi) is 3.02. The molecule has 1 saturated carbocycles. The normalized spacial score (nSPS) is 26.4. The van der Waals surface area contributed by atoms with E-state index in [2.05, 4.69) is 48.5 Å². The van der Waals surface area contributed by atoms with E-state index in [1.165, 1.54) is 12.8 Å². The summed E-state index contributed by atoms with van der Waals surface area (Å²) in [7, 11) is 0. The molecule has 0 aliphatic heterocycles. The van der Waals surface area contributed by atoms with Gasteiger partial charge in [0.1, 0.15) is 0 Å². The van der Waals surface area contributed by atoms with Gasteiger partial charge in [0.2, 0.25) is 0 Å². The van der Waals surface area contributed by atoms with Crippen LogP contribution in [0, 0.1) is 22.2 Å². The zero-order chi connectivity index (χ0) is 12.1. The Morgan fingerprint density at radius 2 is 1.47 bits per heavy atom. The van der Waals surface area contributed by atoms with Crippen molar-refractivity contribution in [3.8, 4) is 0 Å². The van der Waals surface area contributed by atoms with Crippen molar-refractivity contribution >= 4 is 0 Å². The first-order valence-corrected chi connectivity index (χ1v) is 6.26. The van der Waals surface area contributed by atoms with E-state index >= 15 is 0 Å². The average Bonchev–Trinajstić information content (AvgIpc) is 2.37. The van der Waals surface area contributed by atoms with Gasteiger partial charge in [0.25, 0.3) is 0 Å². The molecule has 1 unspecified atom stereocenters. The van der Waals surface area contributed by atoms with Crippen molar-refractivity contribution in [2.24, 2.45) is 27.9 Å². The van der Waals surface area contributed by atoms with Crippen LogP contribution in [0.15, 0.2) is 0 Å². The summed E-state index contributed by atoms with van der Waals surface area (Å²) in [6, 6.07) is 0.384. The van der Waals surface area contributed by atoms with Crippen LogP contribution in [-0.4, -0.2) is 6.04 Å². The largest absolute Gasteiger partial charge is 0.327 e. The van der Waals surface area contributed by atoms with Crippen LogP contribution in [0.1, 0.15) is 61.3 Å². The molecular weight excluding hydrogens is 182 g/mol. The maximum absolute atomic E-state index is 6.34. The van der Waals surface area contributed by atoms with Crippen molar-refractivity contribution in [3.05, 3.63) is 0 Å². The molecule has 0 radical (unpaired) electrons. The van der Waals surface area contributed by atoms with Gasteiger partial charge < -0.3 is 5.73 Å². The van der Waals surface area contributed by atoms with Gasteiger partial charge >= 0.3 is 0 Å². The number of nitrogens with two attached hydrogens (primary N) is 1. The molecule has 0 aromatic rings. The molecule has 1 fully saturated rings. The van der Waals surface area contributed by atoms with Gasteiger partial charge in [0.15, 0.2) is 0 Å². The molecule has 2 N–H and O–H groups in total. The lowest BCUT2D eigenvalue weighted by Crippen LogP contribution is -2.27. The summed E-state index contributed by atoms with van der Waals surface area (Å²) in [6.45, 7) is 16.3. The summed E-state index contributed by atoms with van der Waals surface area (Å²) in [4.78, 5) is 0. The van der Waals surface area contributed by atoms with E-state index in [0.29, 0.717) is 28.2 Å². The second-order valence-corrected chi connectivity index (χ2v) is 7.68. The van der Waals surface area contributed by atoms with E-state index in [4.69, 9.17) is 5.73 Å². The summed E-state index contributed by atoms with van der Waals surface area (Å²) >= 11 is 0. The van der Waals surface area contributed by atoms with Gasteiger partial charge in [-0.1, -0.05) is 48.5 Å². The number of rotatable bonds is 3. The molecule has 1 aliphatic rings. The summed E-state index contributed by atoms with van der Waals surface area (Å²) in [5, 5.41) is 0. The Hall–Kier alpha value is -0.0400. The smallest absolute Gasteiger partial charge is 0.00779 e. The van der Waals surface area contributed by atoms with Gasteiger partial charge in [-0.15, -0.1) is 0 Å². The van der Waals surface area contributed by atoms with Crippen LogP contribution in [0.25, 0.3) is 0 Å². The van der Waals surface area contributed by atoms with Crippen LogP contribution in [0.4, 0.5) is 0 Å². The molecule has 1 nitrogen and oxygen atoms in total. The highest BCUT2D eigenvalue weighted by atomic mass is 14.8. The third kappa shape index (κ3) is 2.38. The Bertz CT molecular complexity index is 218. The maximum atomic E-state index is 6.34. The fraction of sp³-hybridized carbons (Fsp3) is 1.00. The Morgan fingerprint density at radius 3 is 1.73 bits per heavy atom. The van der Waals surface area contributed by atoms with E-state index in [-0.39, 0.29) is 0 Å². The van der Waals surface area contributed by atoms with E-state index in [0.717, 1.165) is 0 Å². The zero-order valence-electron chi connectivity index (χ0n) is 11.6. The summed E-state index contributed by atoms with van der Waals surface area (Å²) in [5.41, 5.74) is 7.62. The van der Waals surface area contributed by atoms with Crippen molar-refractivity contribution in [2.45, 2.75) is 67.3 Å². The topological polar surface area (TPSA) is 26.0 Å².